The van der Waals surface area contributed by atoms with Crippen molar-refractivity contribution in [1.82, 2.24) is 0 Å². The van der Waals surface area contributed by atoms with Crippen LogP contribution in [-0.4, -0.2) is 21.8 Å². The first-order valence-corrected chi connectivity index (χ1v) is 9.30. The monoisotopic (exact) mass is 318 g/mol. The van der Waals surface area contributed by atoms with Crippen LogP contribution in [0.15, 0.2) is 12.2 Å². The van der Waals surface area contributed by atoms with Crippen molar-refractivity contribution in [3.8, 4) is 0 Å². The average molecular weight is 318 g/mol. The number of rotatable bonds is 1. The molecule has 128 valence electrons. The van der Waals surface area contributed by atoms with Gasteiger partial charge in [0.1, 0.15) is 0 Å². The third kappa shape index (κ3) is 1.78. The van der Waals surface area contributed by atoms with Crippen molar-refractivity contribution in [2.75, 3.05) is 0 Å². The number of hydrogen-bond acceptors (Lipinski definition) is 2. The van der Waals surface area contributed by atoms with Crippen molar-refractivity contribution in [3.05, 3.63) is 12.2 Å². The molecule has 4 saturated carbocycles. The summed E-state index contributed by atoms with van der Waals surface area (Å²) in [7, 11) is 0. The summed E-state index contributed by atoms with van der Waals surface area (Å²) in [5, 5.41) is 20.8. The summed E-state index contributed by atoms with van der Waals surface area (Å²) in [5.41, 5.74) is 0.128. The molecule has 0 amide bonds. The molecule has 0 saturated heterocycles. The van der Waals surface area contributed by atoms with E-state index in [4.69, 9.17) is 0 Å². The highest BCUT2D eigenvalue weighted by Gasteiger charge is 2.67. The molecule has 4 aliphatic carbocycles. The van der Waals surface area contributed by atoms with Gasteiger partial charge >= 0.3 is 5.97 Å². The standard InChI is InChI=1S/C20H30O3/c1-13-11-19-9-5-14-17(2,7-4-8-18(14,3)16(21)22)15(19)6-10-20(13,23)12-19/h14-15,23H,1,4-12H2,2-3H3,(H,21,22)/t14-,15?,17+,18+,19+,20-/m0/s1. The molecule has 2 bridgehead atoms. The molecule has 4 aliphatic rings. The first-order valence-electron chi connectivity index (χ1n) is 9.30. The van der Waals surface area contributed by atoms with E-state index in [1.54, 1.807) is 0 Å². The number of carboxylic acid groups (broad SMARTS) is 1. The summed E-state index contributed by atoms with van der Waals surface area (Å²) in [4.78, 5) is 12.0. The molecule has 0 aromatic heterocycles. The van der Waals surface area contributed by atoms with Gasteiger partial charge < -0.3 is 10.2 Å². The fraction of sp³-hybridized carbons (Fsp3) is 0.850. The number of carbonyl (C=O) groups is 1. The van der Waals surface area contributed by atoms with Gasteiger partial charge in [0.15, 0.2) is 0 Å². The van der Waals surface area contributed by atoms with Gasteiger partial charge in [0, 0.05) is 0 Å². The van der Waals surface area contributed by atoms with Crippen molar-refractivity contribution in [2.24, 2.45) is 28.1 Å². The van der Waals surface area contributed by atoms with Crippen LogP contribution in [0, 0.1) is 28.1 Å². The Morgan fingerprint density at radius 3 is 2.52 bits per heavy atom. The van der Waals surface area contributed by atoms with Crippen LogP contribution in [0.4, 0.5) is 0 Å². The van der Waals surface area contributed by atoms with Crippen LogP contribution in [-0.2, 0) is 4.79 Å². The van der Waals surface area contributed by atoms with Crippen molar-refractivity contribution in [2.45, 2.75) is 77.2 Å². The number of carboxylic acids is 1. The van der Waals surface area contributed by atoms with E-state index in [1.165, 1.54) is 0 Å². The van der Waals surface area contributed by atoms with E-state index in [0.717, 1.165) is 63.4 Å². The lowest BCUT2D eigenvalue weighted by molar-refractivity contribution is -0.186. The quantitative estimate of drug-likeness (QED) is 0.714. The summed E-state index contributed by atoms with van der Waals surface area (Å²) >= 11 is 0. The van der Waals surface area contributed by atoms with Gasteiger partial charge in [0.2, 0.25) is 0 Å². The van der Waals surface area contributed by atoms with E-state index >= 15 is 0 Å². The highest BCUT2D eigenvalue weighted by Crippen LogP contribution is 2.72. The third-order valence-electron chi connectivity index (χ3n) is 8.65. The maximum Gasteiger partial charge on any atom is 0.309 e. The Hall–Kier alpha value is -0.830. The molecule has 0 aliphatic heterocycles. The van der Waals surface area contributed by atoms with E-state index in [1.807, 2.05) is 6.92 Å². The lowest BCUT2D eigenvalue weighted by atomic mass is 9.41. The summed E-state index contributed by atoms with van der Waals surface area (Å²) in [6.45, 7) is 8.55. The van der Waals surface area contributed by atoms with Crippen molar-refractivity contribution in [3.63, 3.8) is 0 Å². The van der Waals surface area contributed by atoms with Gasteiger partial charge in [-0.2, -0.15) is 0 Å². The molecule has 2 N–H and O–H groups in total. The Morgan fingerprint density at radius 1 is 1.13 bits per heavy atom. The van der Waals surface area contributed by atoms with Crippen molar-refractivity contribution < 1.29 is 15.0 Å². The largest absolute Gasteiger partial charge is 0.481 e. The second-order valence-corrected chi connectivity index (χ2v) is 9.62. The lowest BCUT2D eigenvalue weighted by Crippen LogP contribution is -2.59. The molecule has 1 unspecified atom stereocenters. The third-order valence-corrected chi connectivity index (χ3v) is 8.65. The molecule has 23 heavy (non-hydrogen) atoms. The molecule has 6 atom stereocenters. The Balaban J connectivity index is 1.76. The molecule has 4 rings (SSSR count). The van der Waals surface area contributed by atoms with Gasteiger partial charge in [-0.3, -0.25) is 4.79 Å². The van der Waals surface area contributed by atoms with Crippen LogP contribution in [0.25, 0.3) is 0 Å². The Bertz CT molecular complexity index is 583. The lowest BCUT2D eigenvalue weighted by Gasteiger charge is -2.63. The van der Waals surface area contributed by atoms with Crippen LogP contribution in [0.3, 0.4) is 0 Å². The second kappa shape index (κ2) is 4.41. The zero-order valence-electron chi connectivity index (χ0n) is 14.5. The number of fused-ring (bicyclic) bond motifs is 3. The molecule has 4 fully saturated rings. The van der Waals surface area contributed by atoms with Gasteiger partial charge in [-0.1, -0.05) is 19.9 Å². The number of aliphatic hydroxyl groups is 1. The minimum Gasteiger partial charge on any atom is -0.481 e. The van der Waals surface area contributed by atoms with Crippen molar-refractivity contribution in [1.29, 1.82) is 0 Å². The summed E-state index contributed by atoms with van der Waals surface area (Å²) in [6, 6.07) is 0. The van der Waals surface area contributed by atoms with Gasteiger partial charge in [-0.05, 0) is 86.5 Å². The zero-order valence-corrected chi connectivity index (χ0v) is 14.5. The van der Waals surface area contributed by atoms with Crippen LogP contribution in [0.1, 0.15) is 71.6 Å². The fourth-order valence-corrected chi connectivity index (χ4v) is 7.61. The van der Waals surface area contributed by atoms with Gasteiger partial charge in [-0.15, -0.1) is 0 Å². The normalized spacial score (nSPS) is 55.2. The summed E-state index contributed by atoms with van der Waals surface area (Å²) in [6.07, 6.45) is 8.75. The smallest absolute Gasteiger partial charge is 0.309 e. The number of hydrogen-bond donors (Lipinski definition) is 2. The van der Waals surface area contributed by atoms with E-state index in [-0.39, 0.29) is 16.7 Å². The van der Waals surface area contributed by atoms with Gasteiger partial charge in [0.05, 0.1) is 11.0 Å². The molecule has 0 radical (unpaired) electrons. The first-order chi connectivity index (χ1) is 10.7. The molecule has 3 heteroatoms. The van der Waals surface area contributed by atoms with Crippen LogP contribution in [0.5, 0.6) is 0 Å². The summed E-state index contributed by atoms with van der Waals surface area (Å²) < 4.78 is 0. The van der Waals surface area contributed by atoms with Crippen molar-refractivity contribution >= 4 is 5.97 Å². The molecule has 0 heterocycles. The van der Waals surface area contributed by atoms with Gasteiger partial charge in [0.25, 0.3) is 0 Å². The zero-order chi connectivity index (χ0) is 16.7. The highest BCUT2D eigenvalue weighted by atomic mass is 16.4. The second-order valence-electron chi connectivity index (χ2n) is 9.62. The highest BCUT2D eigenvalue weighted by molar-refractivity contribution is 5.75. The van der Waals surface area contributed by atoms with Crippen LogP contribution >= 0.6 is 0 Å². The van der Waals surface area contributed by atoms with Gasteiger partial charge in [-0.25, -0.2) is 0 Å². The maximum atomic E-state index is 12.0. The Kier molecular flexibility index (Phi) is 3.01. The topological polar surface area (TPSA) is 57.5 Å². The predicted molar refractivity (Wildman–Crippen MR) is 88.9 cm³/mol. The molecule has 1 spiro atoms. The molecule has 0 aromatic rings. The van der Waals surface area contributed by atoms with E-state index in [2.05, 4.69) is 13.5 Å². The fourth-order valence-electron chi connectivity index (χ4n) is 7.61. The Labute approximate surface area is 139 Å². The molecular weight excluding hydrogens is 288 g/mol. The van der Waals surface area contributed by atoms with Crippen LogP contribution in [0.2, 0.25) is 0 Å². The predicted octanol–water partition coefficient (Wildman–Crippen LogP) is 4.16. The maximum absolute atomic E-state index is 12.0. The molecular formula is C20H30O3. The SMILES string of the molecule is C=C1C[C@@]23CC[C@@H]4[C@](C)(C(=O)O)CCC[C@@]4(C)C2CC[C@]1(O)C3. The number of aliphatic carboxylic acids is 1. The van der Waals surface area contributed by atoms with Crippen LogP contribution < -0.4 is 0 Å². The van der Waals surface area contributed by atoms with E-state index in [0.29, 0.717) is 5.92 Å². The molecule has 3 nitrogen and oxygen atoms in total. The average Bonchev–Trinajstić information content (AvgIpc) is 2.63. The van der Waals surface area contributed by atoms with E-state index < -0.39 is 17.0 Å². The molecule has 0 aromatic carbocycles. The van der Waals surface area contributed by atoms with E-state index in [9.17, 15) is 15.0 Å². The summed E-state index contributed by atoms with van der Waals surface area (Å²) in [5.74, 6) is 0.219. The minimum atomic E-state index is -0.634. The first kappa shape index (κ1) is 15.7. The Morgan fingerprint density at radius 2 is 1.83 bits per heavy atom. The minimum absolute atomic E-state index is 0.107.